The third-order valence-electron chi connectivity index (χ3n) is 19.2. The largest absolute Gasteiger partial charge is 2.00 e. The number of carbonyl (C=O) groups excluding carboxylic acids is 3. The van der Waals surface area contributed by atoms with Gasteiger partial charge in [0, 0.05) is 40.9 Å². The summed E-state index contributed by atoms with van der Waals surface area (Å²) >= 11 is 0. The minimum absolute atomic E-state index is 0. The van der Waals surface area contributed by atoms with Gasteiger partial charge in [-0.05, 0) is 116 Å². The van der Waals surface area contributed by atoms with E-state index < -0.39 is 14.0 Å². The number of carboxylic acids is 1. The summed E-state index contributed by atoms with van der Waals surface area (Å²) in [4.78, 5) is 49.8. The summed E-state index contributed by atoms with van der Waals surface area (Å²) in [7, 11) is 7.19. The topological polar surface area (TPSA) is 191 Å². The van der Waals surface area contributed by atoms with Crippen LogP contribution in [-0.2, 0) is 122 Å². The van der Waals surface area contributed by atoms with Gasteiger partial charge in [0.2, 0.25) is 5.91 Å². The number of azide groups is 1. The van der Waals surface area contributed by atoms with Crippen molar-refractivity contribution in [2.75, 3.05) is 34.4 Å². The van der Waals surface area contributed by atoms with Gasteiger partial charge in [0.1, 0.15) is 6.29 Å². The van der Waals surface area contributed by atoms with Crippen molar-refractivity contribution in [3.8, 4) is 0 Å². The van der Waals surface area contributed by atoms with Crippen molar-refractivity contribution >= 4 is 32.3 Å². The number of carboxylic acid groups (broad SMARTS) is 1. The Labute approximate surface area is 719 Å². The molecule has 2 amide bonds. The Morgan fingerprint density at radius 3 is 0.894 bits per heavy atom. The molecular formula is C84H177Fe6N7O6Si. The Bertz CT molecular complexity index is 1520. The molecule has 12 aliphatic rings. The van der Waals surface area contributed by atoms with Gasteiger partial charge in [-0.3, -0.25) is 9.59 Å². The smallest absolute Gasteiger partial charge is 0.481 e. The van der Waals surface area contributed by atoms with Crippen molar-refractivity contribution in [2.24, 2.45) is 28.6 Å². The van der Waals surface area contributed by atoms with Gasteiger partial charge in [-0.15, -0.1) is 0 Å². The minimum Gasteiger partial charge on any atom is -0.481 e. The number of alkyl carbamates (subject to hydrolysis) is 1. The molecule has 104 heavy (non-hydrogen) atoms. The molecule has 13 nitrogen and oxygen atoms in total. The van der Waals surface area contributed by atoms with E-state index in [9.17, 15) is 19.2 Å². The van der Waals surface area contributed by atoms with Crippen molar-refractivity contribution in [1.29, 1.82) is 0 Å². The van der Waals surface area contributed by atoms with Crippen molar-refractivity contribution in [3.05, 3.63) is 99.6 Å². The zero-order valence-corrected chi connectivity index (χ0v) is 79.4. The van der Waals surface area contributed by atoms with Crippen molar-refractivity contribution in [2.45, 2.75) is 384 Å². The maximum Gasteiger partial charge on any atom is 2.00 e. The fraction of sp³-hybridized carbons (Fsp3) is 0.810. The molecule has 0 aromatic rings. The van der Waals surface area contributed by atoms with Crippen LogP contribution in [0.15, 0.2) is 5.11 Å². The van der Waals surface area contributed by atoms with Gasteiger partial charge in [0.05, 0.1) is 20.2 Å². The molecule has 4 N–H and O–H groups in total. The molecule has 0 aliphatic heterocycles. The monoisotopic (exact) mass is 1740 g/mol. The normalized spacial score (nSPS) is 19.2. The molecular weight excluding hydrogens is 1570 g/mol. The van der Waals surface area contributed by atoms with Gasteiger partial charge in [-0.2, -0.15) is 0 Å². The summed E-state index contributed by atoms with van der Waals surface area (Å²) in [6.07, 6.45) is 73.7. The molecule has 12 rings (SSSR count). The summed E-state index contributed by atoms with van der Waals surface area (Å²) in [5.74, 6) is -0.580. The molecule has 0 spiro atoms. The first-order valence-corrected chi connectivity index (χ1v) is 40.6. The fourth-order valence-corrected chi connectivity index (χ4v) is 14.0. The number of nitrogens with zero attached hydrogens (tertiary/aromatic N) is 5. The van der Waals surface area contributed by atoms with Crippen LogP contribution in [0.1, 0.15) is 340 Å². The van der Waals surface area contributed by atoms with E-state index >= 15 is 0 Å². The molecule has 12 fully saturated rings. The fourth-order valence-electron chi connectivity index (χ4n) is 13.5. The molecule has 0 heterocycles. The second kappa shape index (κ2) is 106. The van der Waals surface area contributed by atoms with Gasteiger partial charge >= 0.3 is 114 Å². The molecule has 0 aromatic carbocycles. The van der Waals surface area contributed by atoms with E-state index in [0.29, 0.717) is 30.3 Å². The second-order valence-electron chi connectivity index (χ2n) is 28.9. The van der Waals surface area contributed by atoms with Crippen LogP contribution in [-0.4, -0.2) is 106 Å². The predicted octanol–water partition coefficient (Wildman–Crippen LogP) is 26.2. The Morgan fingerprint density at radius 2 is 0.692 bits per heavy atom. The Kier molecular flexibility index (Phi) is 152. The molecule has 636 valence electrons. The van der Waals surface area contributed by atoms with Crippen molar-refractivity contribution < 1.29 is 131 Å². The number of amides is 2. The third kappa shape index (κ3) is 93.2. The van der Waals surface area contributed by atoms with E-state index in [-0.39, 0.29) is 215 Å². The Hall–Kier alpha value is 0.604. The van der Waals surface area contributed by atoms with Gasteiger partial charge in [-0.25, -0.2) is 4.79 Å². The van der Waals surface area contributed by atoms with Crippen LogP contribution in [0.3, 0.4) is 0 Å². The number of aliphatic carboxylic acids is 1. The average Bonchev–Trinajstić information content (AvgIpc) is 1.75. The first-order chi connectivity index (χ1) is 41.6. The number of rotatable bonds is 8. The van der Waals surface area contributed by atoms with Crippen molar-refractivity contribution in [3.63, 3.8) is 0 Å². The zero-order chi connectivity index (χ0) is 63.1. The summed E-state index contributed by atoms with van der Waals surface area (Å²) in [5, 5.41) is 14.4. The predicted molar refractivity (Wildman–Crippen MR) is 445 cm³/mol. The molecule has 2 atom stereocenters. The van der Waals surface area contributed by atoms with E-state index in [1.165, 1.54) is 270 Å². The number of nitrogens with two attached hydrogens (primary N) is 1. The number of hydrogen-bond donors (Lipinski definition) is 3. The standard InChI is InChI=1S/C10H21NO2Si.C8H15NO.C7H15N.C6H9N3O.C6H10O2.C5H11N.6C5H10.12CH3.6Fe/c1-14(2,3)8-13-10(12)11-9-6-4-5-7-9;1-9(2)8-5-3-4-7(8)6-10;1-8(2)7-5-3-4-6-7;7-9-8-6(10)5-3-1-2-4-5;7-6(8)5-3-1-2-4-5;6-5-3-1-2-4-5;6*1-2-4-5-3-1;;;;;;;;;;;;;;;;;;/h9H,4-8H2,1-3H3,(H,11,12);6-8H,3-5H2,1-2H3;7H,3-6H2,1-2H3;5H,1-4H2;5H,1-4H2,(H,7,8);5H,1-4,6H2;6*1-5H2;12*1H3;;;;;;/q;;;;;;;;;;;;12*-1;6*+2. The van der Waals surface area contributed by atoms with Gasteiger partial charge in [0.25, 0.3) is 0 Å². The van der Waals surface area contributed by atoms with Crippen molar-refractivity contribution in [1.82, 2.24) is 15.1 Å². The number of ether oxygens (including phenoxy) is 1. The quantitative estimate of drug-likeness (QED) is 0.0530. The van der Waals surface area contributed by atoms with Crippen LogP contribution < -0.4 is 11.1 Å². The SMILES string of the molecule is C1CCCC1.C1CCCC1.C1CCCC1.C1CCCC1.C1CCCC1.C1CCCC1.CN(C)C1CCCC1.CN(C)C1CCCC1C=O.C[Si](C)(C)COC(=O)NC1CCCC1.NC1CCCC1.O=C(O)C1CCCC1.[CH3-].[CH3-].[CH3-].[CH3-].[CH3-].[CH3-].[CH3-].[CH3-].[CH3-].[CH3-].[CH3-].[CH3-].[Fe+2].[Fe+2].[Fe+2].[Fe+2].[Fe+2].[Fe+2].[N-]=[N+]=NC(=O)C1CCCC1. The van der Waals surface area contributed by atoms with Crippen LogP contribution in [0.2, 0.25) is 19.6 Å². The van der Waals surface area contributed by atoms with Gasteiger partial charge in [-0.1, -0.05) is 283 Å². The maximum atomic E-state index is 11.3. The van der Waals surface area contributed by atoms with E-state index in [1.54, 1.807) is 0 Å². The summed E-state index contributed by atoms with van der Waals surface area (Å²) in [5.41, 5.74) is 13.5. The summed E-state index contributed by atoms with van der Waals surface area (Å²) in [6.45, 7) is 6.57. The Morgan fingerprint density at radius 1 is 0.423 bits per heavy atom. The van der Waals surface area contributed by atoms with Crippen LogP contribution in [0.4, 0.5) is 4.79 Å². The van der Waals surface area contributed by atoms with E-state index in [1.807, 2.05) is 14.1 Å². The van der Waals surface area contributed by atoms with Gasteiger partial charge in [0.15, 0.2) is 0 Å². The van der Waals surface area contributed by atoms with Gasteiger partial charge < -0.3 is 125 Å². The molecule has 12 saturated carbocycles. The van der Waals surface area contributed by atoms with E-state index in [0.717, 1.165) is 83.0 Å². The first-order valence-electron chi connectivity index (χ1n) is 36.9. The van der Waals surface area contributed by atoms with Crippen LogP contribution in [0.25, 0.3) is 10.4 Å². The number of carbonyl (C=O) groups is 4. The minimum atomic E-state index is -1.26. The van der Waals surface area contributed by atoms with E-state index in [4.69, 9.17) is 21.1 Å². The number of nitrogens with one attached hydrogen (secondary N) is 1. The molecule has 2 unspecified atom stereocenters. The summed E-state index contributed by atoms with van der Waals surface area (Å²) in [6, 6.07) is 2.32. The number of hydrogen-bond acceptors (Lipinski definition) is 8. The molecule has 12 aliphatic carbocycles. The average molecular weight is 1740 g/mol. The molecule has 0 radical (unpaired) electrons. The van der Waals surface area contributed by atoms with Crippen LogP contribution >= 0.6 is 0 Å². The maximum absolute atomic E-state index is 11.3. The van der Waals surface area contributed by atoms with E-state index in [2.05, 4.69) is 58.9 Å². The number of aldehydes is 1. The molecule has 0 aromatic heterocycles. The second-order valence-corrected chi connectivity index (χ2v) is 34.3. The molecule has 0 saturated heterocycles. The summed E-state index contributed by atoms with van der Waals surface area (Å²) < 4.78 is 5.18. The molecule has 0 bridgehead atoms. The Balaban J connectivity index is -0.0000000483. The van der Waals surface area contributed by atoms with Crippen LogP contribution in [0, 0.1) is 107 Å². The third-order valence-corrected chi connectivity index (χ3v) is 20.2. The zero-order valence-electron chi connectivity index (χ0n) is 71.7. The van der Waals surface area contributed by atoms with Crippen LogP contribution in [0.5, 0.6) is 0 Å². The first kappa shape index (κ1) is 150. The molecule has 20 heteroatoms.